The molecule has 0 fully saturated rings. The Bertz CT molecular complexity index is 412. The van der Waals surface area contributed by atoms with Crippen molar-refractivity contribution in [2.24, 2.45) is 0 Å². The molecule has 94 valence electrons. The van der Waals surface area contributed by atoms with Crippen molar-refractivity contribution in [2.75, 3.05) is 17.3 Å². The lowest BCUT2D eigenvalue weighted by atomic mass is 10.3. The van der Waals surface area contributed by atoms with Crippen LogP contribution in [-0.4, -0.2) is 17.9 Å². The zero-order chi connectivity index (χ0) is 12.8. The quantitative estimate of drug-likeness (QED) is 0.629. The van der Waals surface area contributed by atoms with E-state index in [2.05, 4.69) is 5.32 Å². The van der Waals surface area contributed by atoms with Crippen LogP contribution in [0.4, 0.5) is 5.69 Å². The minimum atomic E-state index is -0.0701. The molecule has 0 aliphatic carbocycles. The normalized spacial score (nSPS) is 10.4. The van der Waals surface area contributed by atoms with E-state index in [1.54, 1.807) is 17.8 Å². The lowest BCUT2D eigenvalue weighted by Crippen LogP contribution is -2.11. The maximum Gasteiger partial charge on any atom is 0.224 e. The van der Waals surface area contributed by atoms with Gasteiger partial charge in [-0.3, -0.25) is 4.79 Å². The number of anilines is 1. The summed E-state index contributed by atoms with van der Waals surface area (Å²) < 4.78 is 0. The Morgan fingerprint density at radius 3 is 2.53 bits per heavy atom. The summed E-state index contributed by atoms with van der Waals surface area (Å²) in [5.41, 5.74) is 0.496. The zero-order valence-corrected chi connectivity index (χ0v) is 12.3. The lowest BCUT2D eigenvalue weighted by molar-refractivity contribution is -0.116. The fourth-order valence-electron chi connectivity index (χ4n) is 1.21. The first kappa shape index (κ1) is 15.0. The number of amides is 1. The molecule has 1 amide bonds. The first-order chi connectivity index (χ1) is 8.04. The number of rotatable bonds is 5. The van der Waals surface area contributed by atoms with Crippen molar-refractivity contribution < 1.29 is 4.79 Å². The third kappa shape index (κ3) is 4.96. The molecule has 0 bridgehead atoms. The molecule has 0 aliphatic rings. The first-order valence-electron chi connectivity index (χ1n) is 4.98. The van der Waals surface area contributed by atoms with E-state index in [1.807, 2.05) is 6.26 Å². The van der Waals surface area contributed by atoms with Crippen molar-refractivity contribution in [3.8, 4) is 0 Å². The number of benzene rings is 1. The van der Waals surface area contributed by atoms with E-state index in [0.717, 1.165) is 12.2 Å². The molecular formula is C11H12Cl3NOS. The van der Waals surface area contributed by atoms with Crippen molar-refractivity contribution in [2.45, 2.75) is 12.8 Å². The van der Waals surface area contributed by atoms with Crippen molar-refractivity contribution in [1.82, 2.24) is 0 Å². The number of halogens is 3. The fourth-order valence-corrected chi connectivity index (χ4v) is 2.24. The number of carbonyl (C=O) groups is 1. The molecule has 2 nitrogen and oxygen atoms in total. The van der Waals surface area contributed by atoms with E-state index in [9.17, 15) is 4.79 Å². The fraction of sp³-hybridized carbons (Fsp3) is 0.364. The molecule has 1 aromatic carbocycles. The van der Waals surface area contributed by atoms with Crippen LogP contribution in [0.3, 0.4) is 0 Å². The van der Waals surface area contributed by atoms with E-state index in [-0.39, 0.29) is 5.91 Å². The van der Waals surface area contributed by atoms with Crippen molar-refractivity contribution in [3.05, 3.63) is 27.2 Å². The molecule has 0 unspecified atom stereocenters. The Morgan fingerprint density at radius 1 is 1.24 bits per heavy atom. The minimum Gasteiger partial charge on any atom is -0.325 e. The highest BCUT2D eigenvalue weighted by atomic mass is 35.5. The summed E-state index contributed by atoms with van der Waals surface area (Å²) in [6.45, 7) is 0. The van der Waals surface area contributed by atoms with Gasteiger partial charge in [0.15, 0.2) is 0 Å². The Labute approximate surface area is 120 Å². The molecule has 0 saturated heterocycles. The Morgan fingerprint density at radius 2 is 1.88 bits per heavy atom. The van der Waals surface area contributed by atoms with Gasteiger partial charge in [-0.25, -0.2) is 0 Å². The molecule has 0 heterocycles. The van der Waals surface area contributed by atoms with Gasteiger partial charge in [0.1, 0.15) is 0 Å². The van der Waals surface area contributed by atoms with Crippen LogP contribution in [0.15, 0.2) is 12.1 Å². The van der Waals surface area contributed by atoms with Crippen LogP contribution >= 0.6 is 46.6 Å². The van der Waals surface area contributed by atoms with Gasteiger partial charge in [0, 0.05) is 6.42 Å². The van der Waals surface area contributed by atoms with E-state index in [1.165, 1.54) is 6.07 Å². The molecule has 0 atom stereocenters. The summed E-state index contributed by atoms with van der Waals surface area (Å²) in [4.78, 5) is 11.6. The van der Waals surface area contributed by atoms with E-state index >= 15 is 0 Å². The summed E-state index contributed by atoms with van der Waals surface area (Å²) >= 11 is 19.3. The van der Waals surface area contributed by atoms with Gasteiger partial charge in [-0.1, -0.05) is 34.8 Å². The first-order valence-corrected chi connectivity index (χ1v) is 7.50. The molecule has 0 radical (unpaired) electrons. The van der Waals surface area contributed by atoms with E-state index < -0.39 is 0 Å². The monoisotopic (exact) mass is 311 g/mol. The summed E-state index contributed by atoms with van der Waals surface area (Å²) in [7, 11) is 0. The number of hydrogen-bond donors (Lipinski definition) is 1. The highest BCUT2D eigenvalue weighted by molar-refractivity contribution is 7.98. The number of hydrogen-bond acceptors (Lipinski definition) is 2. The molecular weight excluding hydrogens is 301 g/mol. The maximum absolute atomic E-state index is 11.6. The largest absolute Gasteiger partial charge is 0.325 e. The molecule has 0 spiro atoms. The highest BCUT2D eigenvalue weighted by Gasteiger charge is 2.09. The van der Waals surface area contributed by atoms with Crippen molar-refractivity contribution in [1.29, 1.82) is 0 Å². The second-order valence-corrected chi connectivity index (χ2v) is 5.60. The van der Waals surface area contributed by atoms with E-state index in [4.69, 9.17) is 34.8 Å². The minimum absolute atomic E-state index is 0.0701. The number of thioether (sulfide) groups is 1. The third-order valence-corrected chi connectivity index (χ3v) is 3.77. The van der Waals surface area contributed by atoms with Gasteiger partial charge in [0.25, 0.3) is 0 Å². The molecule has 6 heteroatoms. The summed E-state index contributed by atoms with van der Waals surface area (Å²) in [5.74, 6) is 0.891. The molecule has 0 saturated carbocycles. The Kier molecular flexibility index (Phi) is 6.49. The van der Waals surface area contributed by atoms with Gasteiger partial charge in [-0.05, 0) is 30.6 Å². The van der Waals surface area contributed by atoms with Gasteiger partial charge in [-0.2, -0.15) is 11.8 Å². The highest BCUT2D eigenvalue weighted by Crippen LogP contribution is 2.32. The van der Waals surface area contributed by atoms with Crippen LogP contribution in [0.2, 0.25) is 15.1 Å². The number of carbonyl (C=O) groups excluding carboxylic acids is 1. The second-order valence-electron chi connectivity index (χ2n) is 3.39. The van der Waals surface area contributed by atoms with Crippen LogP contribution in [0.25, 0.3) is 0 Å². The standard InChI is InChI=1S/C11H12Cl3NOS/c1-17-4-2-3-11(16)15-10-6-8(13)7(12)5-9(10)14/h5-6H,2-4H2,1H3,(H,15,16). The zero-order valence-electron chi connectivity index (χ0n) is 9.23. The Hall–Kier alpha value is -0.0900. The Balaban J connectivity index is 2.62. The van der Waals surface area contributed by atoms with Crippen LogP contribution in [0.5, 0.6) is 0 Å². The van der Waals surface area contributed by atoms with Gasteiger partial charge in [-0.15, -0.1) is 0 Å². The predicted molar refractivity (Wildman–Crippen MR) is 77.7 cm³/mol. The second kappa shape index (κ2) is 7.37. The lowest BCUT2D eigenvalue weighted by Gasteiger charge is -2.08. The van der Waals surface area contributed by atoms with Gasteiger partial charge >= 0.3 is 0 Å². The SMILES string of the molecule is CSCCCC(=O)Nc1cc(Cl)c(Cl)cc1Cl. The maximum atomic E-state index is 11.6. The molecule has 0 aromatic heterocycles. The predicted octanol–water partition coefficient (Wildman–Crippen LogP) is 4.73. The van der Waals surface area contributed by atoms with Crippen LogP contribution in [0.1, 0.15) is 12.8 Å². The van der Waals surface area contributed by atoms with Crippen LogP contribution in [0, 0.1) is 0 Å². The van der Waals surface area contributed by atoms with Crippen molar-refractivity contribution in [3.63, 3.8) is 0 Å². The summed E-state index contributed by atoms with van der Waals surface area (Å²) in [6.07, 6.45) is 3.32. The van der Waals surface area contributed by atoms with Crippen LogP contribution in [-0.2, 0) is 4.79 Å². The summed E-state index contributed by atoms with van der Waals surface area (Å²) in [6, 6.07) is 3.07. The average Bonchev–Trinajstić information content (AvgIpc) is 2.26. The summed E-state index contributed by atoms with van der Waals surface area (Å²) in [5, 5.41) is 3.84. The molecule has 17 heavy (non-hydrogen) atoms. The van der Waals surface area contributed by atoms with Gasteiger partial charge < -0.3 is 5.32 Å². The average molecular weight is 313 g/mol. The molecule has 0 aliphatic heterocycles. The van der Waals surface area contributed by atoms with Gasteiger partial charge in [0.2, 0.25) is 5.91 Å². The van der Waals surface area contributed by atoms with Crippen LogP contribution < -0.4 is 5.32 Å². The van der Waals surface area contributed by atoms with Gasteiger partial charge in [0.05, 0.1) is 20.8 Å². The molecule has 1 aromatic rings. The molecule has 1 N–H and O–H groups in total. The topological polar surface area (TPSA) is 29.1 Å². The van der Waals surface area contributed by atoms with Crippen molar-refractivity contribution >= 4 is 58.2 Å². The third-order valence-electron chi connectivity index (χ3n) is 2.04. The smallest absolute Gasteiger partial charge is 0.224 e. The number of nitrogens with one attached hydrogen (secondary N) is 1. The molecule has 1 rings (SSSR count). The van der Waals surface area contributed by atoms with E-state index in [0.29, 0.717) is 27.2 Å².